The maximum Gasteiger partial charge on any atom is 0.251 e. The number of likely N-dealkylation sites (tertiary alicyclic amines) is 1. The van der Waals surface area contributed by atoms with Crippen molar-refractivity contribution < 1.29 is 14.4 Å². The van der Waals surface area contributed by atoms with Crippen molar-refractivity contribution >= 4 is 17.7 Å². The van der Waals surface area contributed by atoms with Gasteiger partial charge in [-0.15, -0.1) is 0 Å². The van der Waals surface area contributed by atoms with Crippen molar-refractivity contribution in [3.8, 4) is 0 Å². The van der Waals surface area contributed by atoms with Crippen LogP contribution in [-0.2, 0) is 14.4 Å². The molecule has 1 fully saturated rings. The number of nitrogens with one attached hydrogen (secondary N) is 1. The first kappa shape index (κ1) is 9.70. The third kappa shape index (κ3) is 2.05. The van der Waals surface area contributed by atoms with E-state index in [4.69, 9.17) is 0 Å². The Hall–Kier alpha value is -1.39. The molecule has 0 radical (unpaired) electrons. The summed E-state index contributed by atoms with van der Waals surface area (Å²) in [4.78, 5) is 34.1. The number of hydrogen-bond acceptors (Lipinski definition) is 3. The number of piperidine rings is 1. The molecule has 1 saturated heterocycles. The maximum atomic E-state index is 11.4. The molecule has 1 atom stereocenters. The van der Waals surface area contributed by atoms with Gasteiger partial charge in [-0.1, -0.05) is 0 Å². The quantitative estimate of drug-likeness (QED) is 0.546. The van der Waals surface area contributed by atoms with Crippen LogP contribution < -0.4 is 5.32 Å². The van der Waals surface area contributed by atoms with Crippen molar-refractivity contribution in [3.05, 3.63) is 0 Å². The lowest BCUT2D eigenvalue weighted by Gasteiger charge is -2.27. The van der Waals surface area contributed by atoms with Gasteiger partial charge in [-0.3, -0.25) is 19.3 Å². The molecule has 0 bridgehead atoms. The number of imide groups is 1. The van der Waals surface area contributed by atoms with Crippen molar-refractivity contribution in [1.29, 1.82) is 0 Å². The fraction of sp³-hybridized carbons (Fsp3) is 0.625. The Labute approximate surface area is 76.1 Å². The Bertz CT molecular complexity index is 262. The van der Waals surface area contributed by atoms with Crippen molar-refractivity contribution in [3.63, 3.8) is 0 Å². The molecule has 0 aromatic rings. The third-order valence-electron chi connectivity index (χ3n) is 2.03. The van der Waals surface area contributed by atoms with Crippen LogP contribution in [0.4, 0.5) is 0 Å². The number of hydrogen-bond donors (Lipinski definition) is 1. The molecule has 0 aromatic heterocycles. The van der Waals surface area contributed by atoms with E-state index in [1.54, 1.807) is 0 Å². The van der Waals surface area contributed by atoms with Crippen LogP contribution in [0, 0.1) is 0 Å². The Morgan fingerprint density at radius 2 is 2.15 bits per heavy atom. The Kier molecular flexibility index (Phi) is 2.65. The van der Waals surface area contributed by atoms with E-state index in [2.05, 4.69) is 5.32 Å². The van der Waals surface area contributed by atoms with E-state index >= 15 is 0 Å². The first-order chi connectivity index (χ1) is 6.02. The largest absolute Gasteiger partial charge is 0.345 e. The lowest BCUT2D eigenvalue weighted by molar-refractivity contribution is -0.149. The SMILES string of the molecule is CC(=O)N[C@H]1CCC(=O)N(C)C1=O. The van der Waals surface area contributed by atoms with Gasteiger partial charge in [-0.25, -0.2) is 0 Å². The van der Waals surface area contributed by atoms with Crippen LogP contribution in [0.1, 0.15) is 19.8 Å². The van der Waals surface area contributed by atoms with Crippen LogP contribution in [0.2, 0.25) is 0 Å². The molecule has 0 aromatic carbocycles. The van der Waals surface area contributed by atoms with Gasteiger partial charge in [0.2, 0.25) is 11.8 Å². The Balaban J connectivity index is 2.64. The van der Waals surface area contributed by atoms with E-state index in [1.165, 1.54) is 14.0 Å². The highest BCUT2D eigenvalue weighted by Crippen LogP contribution is 2.10. The normalized spacial score (nSPS) is 23.2. The number of carbonyl (C=O) groups excluding carboxylic acids is 3. The van der Waals surface area contributed by atoms with E-state index in [0.29, 0.717) is 12.8 Å². The van der Waals surface area contributed by atoms with Gasteiger partial charge in [0.15, 0.2) is 0 Å². The van der Waals surface area contributed by atoms with E-state index < -0.39 is 6.04 Å². The predicted octanol–water partition coefficient (Wildman–Crippen LogP) is -0.730. The zero-order chi connectivity index (χ0) is 10.0. The second kappa shape index (κ2) is 3.55. The van der Waals surface area contributed by atoms with Gasteiger partial charge in [0.05, 0.1) is 0 Å². The van der Waals surface area contributed by atoms with Crippen LogP contribution in [-0.4, -0.2) is 35.7 Å². The molecule has 0 aliphatic carbocycles. The molecular formula is C8H12N2O3. The molecule has 0 unspecified atom stereocenters. The summed E-state index contributed by atoms with van der Waals surface area (Å²) in [6.07, 6.45) is 0.717. The number of rotatable bonds is 1. The van der Waals surface area contributed by atoms with Crippen LogP contribution in [0.5, 0.6) is 0 Å². The zero-order valence-corrected chi connectivity index (χ0v) is 7.66. The van der Waals surface area contributed by atoms with Gasteiger partial charge in [-0.2, -0.15) is 0 Å². The molecule has 72 valence electrons. The van der Waals surface area contributed by atoms with E-state index in [9.17, 15) is 14.4 Å². The minimum atomic E-state index is -0.528. The van der Waals surface area contributed by atoms with Crippen LogP contribution in [0.15, 0.2) is 0 Å². The molecular weight excluding hydrogens is 172 g/mol. The first-order valence-electron chi connectivity index (χ1n) is 4.10. The van der Waals surface area contributed by atoms with Gasteiger partial charge in [0.25, 0.3) is 5.91 Å². The lowest BCUT2D eigenvalue weighted by Crippen LogP contribution is -2.52. The summed E-state index contributed by atoms with van der Waals surface area (Å²) in [5, 5.41) is 2.50. The number of amides is 3. The lowest BCUT2D eigenvalue weighted by atomic mass is 10.0. The summed E-state index contributed by atoms with van der Waals surface area (Å²) >= 11 is 0. The standard InChI is InChI=1S/C8H12N2O3/c1-5(11)9-6-3-4-7(12)10(2)8(6)13/h6H,3-4H2,1-2H3,(H,9,11)/t6-/m0/s1. The molecule has 1 rings (SSSR count). The summed E-state index contributed by atoms with van der Waals surface area (Å²) in [5.74, 6) is -0.765. The van der Waals surface area contributed by atoms with Gasteiger partial charge >= 0.3 is 0 Å². The molecule has 3 amide bonds. The summed E-state index contributed by atoms with van der Waals surface area (Å²) < 4.78 is 0. The topological polar surface area (TPSA) is 66.5 Å². The second-order valence-electron chi connectivity index (χ2n) is 3.08. The second-order valence-corrected chi connectivity index (χ2v) is 3.08. The maximum absolute atomic E-state index is 11.4. The Morgan fingerprint density at radius 1 is 1.54 bits per heavy atom. The molecule has 5 nitrogen and oxygen atoms in total. The number of carbonyl (C=O) groups is 3. The molecule has 1 N–H and O–H groups in total. The van der Waals surface area contributed by atoms with Gasteiger partial charge in [0, 0.05) is 20.4 Å². The highest BCUT2D eigenvalue weighted by atomic mass is 16.2. The molecule has 0 saturated carbocycles. The number of nitrogens with zero attached hydrogens (tertiary/aromatic N) is 1. The monoisotopic (exact) mass is 184 g/mol. The molecule has 1 aliphatic heterocycles. The highest BCUT2D eigenvalue weighted by molar-refractivity contribution is 6.01. The summed E-state index contributed by atoms with van der Waals surface area (Å²) in [7, 11) is 1.43. The van der Waals surface area contributed by atoms with Crippen LogP contribution in [0.25, 0.3) is 0 Å². The average Bonchev–Trinajstić information content (AvgIpc) is 2.06. The molecule has 1 heterocycles. The predicted molar refractivity (Wildman–Crippen MR) is 44.6 cm³/mol. The van der Waals surface area contributed by atoms with Crippen molar-refractivity contribution in [2.24, 2.45) is 0 Å². The van der Waals surface area contributed by atoms with Crippen LogP contribution in [0.3, 0.4) is 0 Å². The number of likely N-dealkylation sites (N-methyl/N-ethyl adjacent to an activating group) is 1. The fourth-order valence-electron chi connectivity index (χ4n) is 1.29. The summed E-state index contributed by atoms with van der Waals surface area (Å²) in [6, 6.07) is -0.528. The minimum Gasteiger partial charge on any atom is -0.345 e. The van der Waals surface area contributed by atoms with E-state index in [0.717, 1.165) is 4.90 Å². The molecule has 5 heteroatoms. The van der Waals surface area contributed by atoms with Gasteiger partial charge < -0.3 is 5.32 Å². The van der Waals surface area contributed by atoms with Crippen molar-refractivity contribution in [2.75, 3.05) is 7.05 Å². The minimum absolute atomic E-state index is 0.188. The first-order valence-corrected chi connectivity index (χ1v) is 4.10. The Morgan fingerprint density at radius 3 is 2.69 bits per heavy atom. The van der Waals surface area contributed by atoms with E-state index in [1.807, 2.05) is 0 Å². The van der Waals surface area contributed by atoms with Crippen LogP contribution >= 0.6 is 0 Å². The summed E-state index contributed by atoms with van der Waals surface area (Å²) in [5.41, 5.74) is 0. The van der Waals surface area contributed by atoms with Crippen molar-refractivity contribution in [1.82, 2.24) is 10.2 Å². The zero-order valence-electron chi connectivity index (χ0n) is 7.66. The fourth-order valence-corrected chi connectivity index (χ4v) is 1.29. The molecule has 0 spiro atoms. The van der Waals surface area contributed by atoms with Gasteiger partial charge in [-0.05, 0) is 6.42 Å². The highest BCUT2D eigenvalue weighted by Gasteiger charge is 2.31. The average molecular weight is 184 g/mol. The molecule has 1 aliphatic rings. The molecule has 13 heavy (non-hydrogen) atoms. The third-order valence-corrected chi connectivity index (χ3v) is 2.03. The van der Waals surface area contributed by atoms with Gasteiger partial charge in [0.1, 0.15) is 6.04 Å². The van der Waals surface area contributed by atoms with Crippen molar-refractivity contribution in [2.45, 2.75) is 25.8 Å². The van der Waals surface area contributed by atoms with E-state index in [-0.39, 0.29) is 17.7 Å². The summed E-state index contributed by atoms with van der Waals surface area (Å²) in [6.45, 7) is 1.35. The smallest absolute Gasteiger partial charge is 0.251 e.